The van der Waals surface area contributed by atoms with E-state index in [1.807, 2.05) is 6.07 Å². The molecule has 0 aliphatic heterocycles. The van der Waals surface area contributed by atoms with Crippen LogP contribution in [0.1, 0.15) is 29.8 Å². The zero-order valence-electron chi connectivity index (χ0n) is 11.4. The van der Waals surface area contributed by atoms with Gasteiger partial charge in [-0.2, -0.15) is 0 Å². The largest absolute Gasteiger partial charge is 0.309 e. The van der Waals surface area contributed by atoms with E-state index in [1.165, 1.54) is 23.5 Å². The molecule has 0 amide bonds. The minimum atomic E-state index is -0.821. The van der Waals surface area contributed by atoms with Crippen LogP contribution < -0.4 is 5.32 Å². The molecule has 1 N–H and O–H groups in total. The van der Waals surface area contributed by atoms with Crippen LogP contribution in [0.25, 0.3) is 0 Å². The van der Waals surface area contributed by atoms with Gasteiger partial charge >= 0.3 is 0 Å². The molecule has 1 aromatic heterocycles. The Hall–Kier alpha value is -0.490. The summed E-state index contributed by atoms with van der Waals surface area (Å²) in [6, 6.07) is 6.03. The maximum Gasteiger partial charge on any atom is 0.159 e. The first-order chi connectivity index (χ1) is 10.0. The van der Waals surface area contributed by atoms with Gasteiger partial charge < -0.3 is 5.32 Å². The lowest BCUT2D eigenvalue weighted by Crippen LogP contribution is -2.23. The van der Waals surface area contributed by atoms with Gasteiger partial charge in [0, 0.05) is 15.4 Å². The number of benzene rings is 1. The SMILES string of the molecule is CCCNC(Cc1ccc(F)c(F)c1)c1cc(Br)c(Cl)s1. The highest BCUT2D eigenvalue weighted by molar-refractivity contribution is 9.10. The van der Waals surface area contributed by atoms with Crippen LogP contribution >= 0.6 is 38.9 Å². The van der Waals surface area contributed by atoms with Gasteiger partial charge in [0.05, 0.1) is 0 Å². The second-order valence-corrected chi connectivity index (χ2v) is 7.27. The van der Waals surface area contributed by atoms with E-state index < -0.39 is 11.6 Å². The number of nitrogens with one attached hydrogen (secondary N) is 1. The predicted octanol–water partition coefficient (Wildman–Crippen LogP) is 5.73. The molecule has 0 bridgehead atoms. The maximum atomic E-state index is 13.3. The van der Waals surface area contributed by atoms with Crippen LogP contribution in [-0.2, 0) is 6.42 Å². The summed E-state index contributed by atoms with van der Waals surface area (Å²) >= 11 is 11.0. The molecule has 1 atom stereocenters. The van der Waals surface area contributed by atoms with E-state index in [0.717, 1.165) is 27.9 Å². The van der Waals surface area contributed by atoms with E-state index in [-0.39, 0.29) is 6.04 Å². The van der Waals surface area contributed by atoms with Crippen molar-refractivity contribution in [3.63, 3.8) is 0 Å². The summed E-state index contributed by atoms with van der Waals surface area (Å²) in [7, 11) is 0. The smallest absolute Gasteiger partial charge is 0.159 e. The van der Waals surface area contributed by atoms with Gasteiger partial charge in [-0.15, -0.1) is 11.3 Å². The fourth-order valence-electron chi connectivity index (χ4n) is 2.03. The second kappa shape index (κ2) is 7.68. The van der Waals surface area contributed by atoms with Crippen LogP contribution in [0, 0.1) is 11.6 Å². The average Bonchev–Trinajstić information content (AvgIpc) is 2.78. The molecule has 0 radical (unpaired) electrons. The minimum Gasteiger partial charge on any atom is -0.309 e. The Bertz CT molecular complexity index is 598. The van der Waals surface area contributed by atoms with E-state index >= 15 is 0 Å². The zero-order valence-corrected chi connectivity index (χ0v) is 14.6. The van der Waals surface area contributed by atoms with Crippen molar-refractivity contribution in [2.45, 2.75) is 25.8 Å². The monoisotopic (exact) mass is 393 g/mol. The lowest BCUT2D eigenvalue weighted by atomic mass is 10.0. The molecule has 0 fully saturated rings. The summed E-state index contributed by atoms with van der Waals surface area (Å²) in [6.45, 7) is 2.93. The number of hydrogen-bond donors (Lipinski definition) is 1. The van der Waals surface area contributed by atoms with Crippen molar-refractivity contribution in [2.75, 3.05) is 6.54 Å². The lowest BCUT2D eigenvalue weighted by molar-refractivity contribution is 0.501. The van der Waals surface area contributed by atoms with Crippen LogP contribution in [0.4, 0.5) is 8.78 Å². The van der Waals surface area contributed by atoms with E-state index in [1.54, 1.807) is 6.07 Å². The zero-order chi connectivity index (χ0) is 15.4. The third-order valence-electron chi connectivity index (χ3n) is 3.07. The normalized spacial score (nSPS) is 12.6. The molecule has 1 unspecified atom stereocenters. The Labute approximate surface area is 140 Å². The molecule has 1 nitrogen and oxygen atoms in total. The van der Waals surface area contributed by atoms with Gasteiger partial charge in [0.15, 0.2) is 11.6 Å². The van der Waals surface area contributed by atoms with Gasteiger partial charge in [-0.25, -0.2) is 8.78 Å². The van der Waals surface area contributed by atoms with Crippen molar-refractivity contribution in [3.05, 3.63) is 55.1 Å². The Morgan fingerprint density at radius 1 is 1.29 bits per heavy atom. The fraction of sp³-hybridized carbons (Fsp3) is 0.333. The maximum absolute atomic E-state index is 13.3. The van der Waals surface area contributed by atoms with Crippen molar-refractivity contribution in [1.82, 2.24) is 5.32 Å². The minimum absolute atomic E-state index is 0.0311. The molecule has 21 heavy (non-hydrogen) atoms. The highest BCUT2D eigenvalue weighted by Crippen LogP contribution is 2.36. The molecule has 0 saturated carbocycles. The third kappa shape index (κ3) is 4.49. The number of rotatable bonds is 6. The molecule has 0 aliphatic carbocycles. The van der Waals surface area contributed by atoms with E-state index in [2.05, 4.69) is 28.2 Å². The third-order valence-corrected chi connectivity index (χ3v) is 5.66. The highest BCUT2D eigenvalue weighted by atomic mass is 79.9. The summed E-state index contributed by atoms with van der Waals surface area (Å²) < 4.78 is 27.9. The fourth-order valence-corrected chi connectivity index (χ4v) is 3.84. The summed E-state index contributed by atoms with van der Waals surface area (Å²) in [5, 5.41) is 3.42. The summed E-state index contributed by atoms with van der Waals surface area (Å²) in [5.41, 5.74) is 0.753. The molecular formula is C15H15BrClF2NS. The molecule has 2 rings (SSSR count). The van der Waals surface area contributed by atoms with Gasteiger partial charge in [-0.05, 0) is 59.1 Å². The molecular weight excluding hydrogens is 380 g/mol. The Morgan fingerprint density at radius 2 is 2.05 bits per heavy atom. The van der Waals surface area contributed by atoms with Crippen LogP contribution in [0.2, 0.25) is 4.34 Å². The number of thiophene rings is 1. The molecule has 0 saturated heterocycles. The standard InChI is InChI=1S/C15H15BrClF2NS/c1-2-5-20-13(14-8-10(16)15(17)21-14)7-9-3-4-11(18)12(19)6-9/h3-4,6,8,13,20H,2,5,7H2,1H3. The summed E-state index contributed by atoms with van der Waals surface area (Å²) in [5.74, 6) is -1.63. The van der Waals surface area contributed by atoms with Crippen LogP contribution in [0.3, 0.4) is 0 Å². The predicted molar refractivity (Wildman–Crippen MR) is 88.1 cm³/mol. The highest BCUT2D eigenvalue weighted by Gasteiger charge is 2.17. The van der Waals surface area contributed by atoms with Gasteiger partial charge in [-0.1, -0.05) is 24.6 Å². The molecule has 2 aromatic rings. The molecule has 114 valence electrons. The lowest BCUT2D eigenvalue weighted by Gasteiger charge is -2.17. The van der Waals surface area contributed by atoms with E-state index in [9.17, 15) is 8.78 Å². The summed E-state index contributed by atoms with van der Waals surface area (Å²) in [4.78, 5) is 1.07. The van der Waals surface area contributed by atoms with Gasteiger partial charge in [0.2, 0.25) is 0 Å². The first-order valence-corrected chi connectivity index (χ1v) is 8.62. The molecule has 0 aliphatic rings. The Morgan fingerprint density at radius 3 is 2.62 bits per heavy atom. The van der Waals surface area contributed by atoms with Crippen molar-refractivity contribution >= 4 is 38.9 Å². The average molecular weight is 395 g/mol. The molecule has 1 aromatic carbocycles. The van der Waals surface area contributed by atoms with Crippen molar-refractivity contribution < 1.29 is 8.78 Å². The topological polar surface area (TPSA) is 12.0 Å². The Balaban J connectivity index is 2.21. The molecule has 1 heterocycles. The number of hydrogen-bond acceptors (Lipinski definition) is 2. The van der Waals surface area contributed by atoms with Crippen LogP contribution in [0.5, 0.6) is 0 Å². The second-order valence-electron chi connectivity index (χ2n) is 4.73. The molecule has 6 heteroatoms. The van der Waals surface area contributed by atoms with Crippen LogP contribution in [-0.4, -0.2) is 6.54 Å². The van der Waals surface area contributed by atoms with Crippen molar-refractivity contribution in [1.29, 1.82) is 0 Å². The van der Waals surface area contributed by atoms with E-state index in [4.69, 9.17) is 11.6 Å². The van der Waals surface area contributed by atoms with Gasteiger partial charge in [0.25, 0.3) is 0 Å². The molecule has 0 spiro atoms. The van der Waals surface area contributed by atoms with Gasteiger partial charge in [-0.3, -0.25) is 0 Å². The first-order valence-electron chi connectivity index (χ1n) is 6.63. The van der Waals surface area contributed by atoms with E-state index in [0.29, 0.717) is 10.8 Å². The van der Waals surface area contributed by atoms with Crippen molar-refractivity contribution in [2.24, 2.45) is 0 Å². The number of halogens is 4. The quantitative estimate of drug-likeness (QED) is 0.660. The Kier molecular flexibility index (Phi) is 6.17. The van der Waals surface area contributed by atoms with Crippen molar-refractivity contribution in [3.8, 4) is 0 Å². The van der Waals surface area contributed by atoms with Crippen LogP contribution in [0.15, 0.2) is 28.7 Å². The first kappa shape index (κ1) is 16.9. The summed E-state index contributed by atoms with van der Waals surface area (Å²) in [6.07, 6.45) is 1.58. The van der Waals surface area contributed by atoms with Gasteiger partial charge in [0.1, 0.15) is 4.34 Å².